The van der Waals surface area contributed by atoms with Gasteiger partial charge in [0, 0.05) is 10.2 Å². The predicted octanol–water partition coefficient (Wildman–Crippen LogP) is 5.18. The summed E-state index contributed by atoms with van der Waals surface area (Å²) in [5.41, 5.74) is 10.5. The second-order valence-corrected chi connectivity index (χ2v) is 8.03. The Bertz CT molecular complexity index is 1480. The van der Waals surface area contributed by atoms with Crippen molar-refractivity contribution in [3.8, 4) is 11.4 Å². The van der Waals surface area contributed by atoms with Crippen LogP contribution in [0.5, 0.6) is 5.75 Å². The van der Waals surface area contributed by atoms with Crippen LogP contribution in [0.2, 0.25) is 0 Å². The lowest BCUT2D eigenvalue weighted by Crippen LogP contribution is -2.15. The summed E-state index contributed by atoms with van der Waals surface area (Å²) in [4.78, 5) is 22.9. The molecule has 0 aliphatic heterocycles. The van der Waals surface area contributed by atoms with Crippen LogP contribution in [0.4, 0.5) is 11.5 Å². The van der Waals surface area contributed by atoms with Crippen molar-refractivity contribution >= 4 is 55.5 Å². The molecule has 0 aliphatic carbocycles. The highest BCUT2D eigenvalue weighted by Crippen LogP contribution is 2.33. The first-order chi connectivity index (χ1) is 15.6. The zero-order valence-corrected chi connectivity index (χ0v) is 18.6. The zero-order chi connectivity index (χ0) is 22.2. The van der Waals surface area contributed by atoms with Crippen LogP contribution in [-0.4, -0.2) is 27.6 Å². The summed E-state index contributed by atoms with van der Waals surface area (Å²) in [6.07, 6.45) is 0. The number of aromatic nitrogens is 3. The molecule has 0 saturated carbocycles. The molecule has 0 radical (unpaired) electrons. The molecule has 0 aliphatic rings. The number of halogens is 1. The molecule has 0 bridgehead atoms. The van der Waals surface area contributed by atoms with Crippen LogP contribution in [0.15, 0.2) is 77.3 Å². The van der Waals surface area contributed by atoms with E-state index in [0.29, 0.717) is 33.6 Å². The molecule has 1 amide bonds. The van der Waals surface area contributed by atoms with Crippen molar-refractivity contribution in [1.29, 1.82) is 0 Å². The number of amides is 1. The normalized spacial score (nSPS) is 11.1. The molecule has 5 aromatic rings. The van der Waals surface area contributed by atoms with Crippen LogP contribution < -0.4 is 15.8 Å². The molecule has 2 aromatic heterocycles. The lowest BCUT2D eigenvalue weighted by Gasteiger charge is -2.10. The van der Waals surface area contributed by atoms with Gasteiger partial charge in [-0.2, -0.15) is 0 Å². The average molecular weight is 488 g/mol. The Morgan fingerprint density at radius 1 is 0.969 bits per heavy atom. The summed E-state index contributed by atoms with van der Waals surface area (Å²) in [7, 11) is 1.55. The number of anilines is 2. The maximum Gasteiger partial charge on any atom is 0.261 e. The molecule has 0 spiro atoms. The first-order valence-electron chi connectivity index (χ1n) is 9.84. The number of nitrogens with one attached hydrogen (secondary N) is 1. The molecule has 0 unspecified atom stereocenters. The van der Waals surface area contributed by atoms with Gasteiger partial charge in [0.25, 0.3) is 5.91 Å². The summed E-state index contributed by atoms with van der Waals surface area (Å²) in [5, 5.41) is 2.90. The summed E-state index contributed by atoms with van der Waals surface area (Å²) >= 11 is 3.45. The van der Waals surface area contributed by atoms with E-state index in [9.17, 15) is 4.79 Å². The fourth-order valence-electron chi connectivity index (χ4n) is 3.67. The number of methoxy groups -OCH3 is 1. The van der Waals surface area contributed by atoms with Gasteiger partial charge < -0.3 is 15.8 Å². The third-order valence-electron chi connectivity index (χ3n) is 5.16. The highest BCUT2D eigenvalue weighted by Gasteiger charge is 2.25. The molecule has 5 rings (SSSR count). The number of nitrogens with zero attached hydrogens (tertiary/aromatic N) is 3. The lowest BCUT2D eigenvalue weighted by atomic mass is 10.2. The largest absolute Gasteiger partial charge is 0.495 e. The molecule has 2 heterocycles. The van der Waals surface area contributed by atoms with Gasteiger partial charge in [-0.25, -0.2) is 9.97 Å². The topological polar surface area (TPSA) is 95.1 Å². The van der Waals surface area contributed by atoms with Crippen LogP contribution in [0.1, 0.15) is 10.4 Å². The highest BCUT2D eigenvalue weighted by atomic mass is 79.9. The molecular weight excluding hydrogens is 470 g/mol. The SMILES string of the molecule is COc1ccccc1NC(=O)c1c(N)n(-c2ccc(Br)cc2)c2nc3ccccc3nc12. The number of rotatable bonds is 4. The molecule has 158 valence electrons. The number of carbonyl (C=O) groups is 1. The number of fused-ring (bicyclic) bond motifs is 2. The Balaban J connectivity index is 1.74. The van der Waals surface area contributed by atoms with E-state index in [1.54, 1.807) is 23.8 Å². The van der Waals surface area contributed by atoms with Gasteiger partial charge in [0.1, 0.15) is 22.6 Å². The maximum atomic E-state index is 13.4. The summed E-state index contributed by atoms with van der Waals surface area (Å²) in [6.45, 7) is 0. The van der Waals surface area contributed by atoms with Gasteiger partial charge in [0.15, 0.2) is 5.65 Å². The molecule has 0 saturated heterocycles. The average Bonchev–Trinajstić information content (AvgIpc) is 3.09. The van der Waals surface area contributed by atoms with Crippen molar-refractivity contribution < 1.29 is 9.53 Å². The van der Waals surface area contributed by atoms with E-state index >= 15 is 0 Å². The Labute approximate surface area is 192 Å². The van der Waals surface area contributed by atoms with Crippen molar-refractivity contribution in [3.05, 3.63) is 82.8 Å². The highest BCUT2D eigenvalue weighted by molar-refractivity contribution is 9.10. The predicted molar refractivity (Wildman–Crippen MR) is 129 cm³/mol. The van der Waals surface area contributed by atoms with Crippen LogP contribution in [0.25, 0.3) is 27.9 Å². The number of benzene rings is 3. The van der Waals surface area contributed by atoms with E-state index in [1.165, 1.54) is 0 Å². The smallest absolute Gasteiger partial charge is 0.261 e. The number of ether oxygens (including phenoxy) is 1. The van der Waals surface area contributed by atoms with Gasteiger partial charge in [-0.05, 0) is 48.5 Å². The number of para-hydroxylation sites is 4. The number of nitrogens with two attached hydrogens (primary N) is 1. The zero-order valence-electron chi connectivity index (χ0n) is 17.0. The minimum absolute atomic E-state index is 0.255. The fraction of sp³-hybridized carbons (Fsp3) is 0.0417. The second kappa shape index (κ2) is 7.97. The fourth-order valence-corrected chi connectivity index (χ4v) is 3.93. The Hall–Kier alpha value is -3.91. The molecule has 7 nitrogen and oxygen atoms in total. The van der Waals surface area contributed by atoms with Crippen LogP contribution >= 0.6 is 15.9 Å². The standard InChI is InChI=1S/C24H18BrN5O2/c1-32-19-9-5-4-8-18(19)29-24(31)20-21-23(28-17-7-3-2-6-16(17)27-21)30(22(20)26)15-12-10-14(25)11-13-15/h2-13H,26H2,1H3,(H,29,31). The van der Waals surface area contributed by atoms with E-state index in [2.05, 4.69) is 21.2 Å². The summed E-state index contributed by atoms with van der Waals surface area (Å²) < 4.78 is 8.04. The van der Waals surface area contributed by atoms with Gasteiger partial charge in [0.05, 0.1) is 23.8 Å². The van der Waals surface area contributed by atoms with Crippen LogP contribution in [0.3, 0.4) is 0 Å². The monoisotopic (exact) mass is 487 g/mol. The van der Waals surface area contributed by atoms with E-state index < -0.39 is 5.91 Å². The first-order valence-corrected chi connectivity index (χ1v) is 10.6. The van der Waals surface area contributed by atoms with Gasteiger partial charge in [-0.1, -0.05) is 40.2 Å². The molecular formula is C24H18BrN5O2. The van der Waals surface area contributed by atoms with Gasteiger partial charge >= 0.3 is 0 Å². The van der Waals surface area contributed by atoms with Crippen LogP contribution in [-0.2, 0) is 0 Å². The second-order valence-electron chi connectivity index (χ2n) is 7.11. The molecule has 0 atom stereocenters. The van der Waals surface area contributed by atoms with E-state index in [0.717, 1.165) is 10.2 Å². The van der Waals surface area contributed by atoms with Crippen molar-refractivity contribution in [3.63, 3.8) is 0 Å². The Morgan fingerprint density at radius 3 is 2.34 bits per heavy atom. The summed E-state index contributed by atoms with van der Waals surface area (Å²) in [6, 6.07) is 22.3. The third kappa shape index (κ3) is 3.34. The number of nitrogen functional groups attached to an aromatic ring is 1. The minimum Gasteiger partial charge on any atom is -0.495 e. The van der Waals surface area contributed by atoms with Gasteiger partial charge in [0.2, 0.25) is 0 Å². The van der Waals surface area contributed by atoms with Crippen LogP contribution in [0, 0.1) is 0 Å². The number of hydrogen-bond acceptors (Lipinski definition) is 5. The Kier molecular flexibility index (Phi) is 4.99. The Morgan fingerprint density at radius 2 is 1.62 bits per heavy atom. The minimum atomic E-state index is -0.391. The van der Waals surface area contributed by atoms with E-state index in [4.69, 9.17) is 20.4 Å². The van der Waals surface area contributed by atoms with Gasteiger partial charge in [-0.3, -0.25) is 9.36 Å². The van der Waals surface area contributed by atoms with E-state index in [-0.39, 0.29) is 11.4 Å². The van der Waals surface area contributed by atoms with Crippen molar-refractivity contribution in [2.24, 2.45) is 0 Å². The van der Waals surface area contributed by atoms with E-state index in [1.807, 2.05) is 60.7 Å². The lowest BCUT2D eigenvalue weighted by molar-refractivity contribution is 0.102. The molecule has 3 N–H and O–H groups in total. The first kappa shape index (κ1) is 20.0. The third-order valence-corrected chi connectivity index (χ3v) is 5.69. The molecule has 32 heavy (non-hydrogen) atoms. The molecule has 0 fully saturated rings. The summed E-state index contributed by atoms with van der Waals surface area (Å²) in [5.74, 6) is 0.412. The van der Waals surface area contributed by atoms with Crippen molar-refractivity contribution in [2.45, 2.75) is 0 Å². The molecule has 8 heteroatoms. The van der Waals surface area contributed by atoms with Gasteiger partial charge in [-0.15, -0.1) is 0 Å². The van der Waals surface area contributed by atoms with Crippen molar-refractivity contribution in [2.75, 3.05) is 18.2 Å². The quantitative estimate of drug-likeness (QED) is 0.364. The van der Waals surface area contributed by atoms with Crippen molar-refractivity contribution in [1.82, 2.24) is 14.5 Å². The number of hydrogen-bond donors (Lipinski definition) is 2. The maximum absolute atomic E-state index is 13.4. The number of carbonyl (C=O) groups excluding carboxylic acids is 1. The molecule has 3 aromatic carbocycles.